The molecule has 1 aliphatic heterocycles. The predicted octanol–water partition coefficient (Wildman–Crippen LogP) is 1.12. The fraction of sp³-hybridized carbons (Fsp3) is 0.471. The number of benzene rings is 1. The molecule has 1 N–H and O–H groups in total. The molecule has 0 saturated heterocycles. The minimum Gasteiger partial charge on any atom is -0.383 e. The second-order valence-electron chi connectivity index (χ2n) is 5.92. The summed E-state index contributed by atoms with van der Waals surface area (Å²) in [5.41, 5.74) is 1.21. The van der Waals surface area contributed by atoms with Crippen molar-refractivity contribution < 1.29 is 9.53 Å². The van der Waals surface area contributed by atoms with Gasteiger partial charge in [0.15, 0.2) is 5.82 Å². The molecule has 0 unspecified atom stereocenters. The molecule has 2 heterocycles. The Labute approximate surface area is 141 Å². The van der Waals surface area contributed by atoms with Crippen LogP contribution in [0.25, 0.3) is 0 Å². The van der Waals surface area contributed by atoms with Gasteiger partial charge in [0.2, 0.25) is 5.91 Å². The lowest BCUT2D eigenvalue weighted by Crippen LogP contribution is -2.43. The van der Waals surface area contributed by atoms with Crippen molar-refractivity contribution >= 4 is 5.91 Å². The van der Waals surface area contributed by atoms with Gasteiger partial charge in [-0.1, -0.05) is 30.3 Å². The first-order valence-electron chi connectivity index (χ1n) is 8.15. The van der Waals surface area contributed by atoms with Gasteiger partial charge in [-0.3, -0.25) is 9.36 Å². The SMILES string of the molecule is COCCN1Cc2nnc(CNCc3ccccc3)n2[C@@H](C)C1=O. The van der Waals surface area contributed by atoms with E-state index in [-0.39, 0.29) is 11.9 Å². The third-order valence-electron chi connectivity index (χ3n) is 4.25. The summed E-state index contributed by atoms with van der Waals surface area (Å²) in [5.74, 6) is 1.71. The molecule has 0 saturated carbocycles. The minimum absolute atomic E-state index is 0.0867. The van der Waals surface area contributed by atoms with E-state index < -0.39 is 0 Å². The van der Waals surface area contributed by atoms with E-state index in [1.165, 1.54) is 5.56 Å². The molecule has 0 bridgehead atoms. The molecule has 0 aliphatic carbocycles. The summed E-state index contributed by atoms with van der Waals surface area (Å²) in [7, 11) is 1.64. The average molecular weight is 329 g/mol. The molecule has 0 radical (unpaired) electrons. The van der Waals surface area contributed by atoms with E-state index in [9.17, 15) is 4.79 Å². The summed E-state index contributed by atoms with van der Waals surface area (Å²) in [4.78, 5) is 14.3. The Balaban J connectivity index is 1.66. The molecule has 0 spiro atoms. The van der Waals surface area contributed by atoms with Gasteiger partial charge in [0, 0.05) is 20.2 Å². The zero-order chi connectivity index (χ0) is 16.9. The van der Waals surface area contributed by atoms with E-state index in [1.807, 2.05) is 29.7 Å². The van der Waals surface area contributed by atoms with Crippen LogP contribution in [0.2, 0.25) is 0 Å². The van der Waals surface area contributed by atoms with E-state index in [0.29, 0.717) is 26.2 Å². The quantitative estimate of drug-likeness (QED) is 0.824. The Bertz CT molecular complexity index is 686. The highest BCUT2D eigenvalue weighted by Crippen LogP contribution is 2.22. The predicted molar refractivity (Wildman–Crippen MR) is 89.0 cm³/mol. The Morgan fingerprint density at radius 2 is 2.04 bits per heavy atom. The minimum atomic E-state index is -0.283. The smallest absolute Gasteiger partial charge is 0.245 e. The standard InChI is InChI=1S/C17H23N5O2/c1-13-17(23)21(8-9-24-2)12-16-20-19-15(22(13)16)11-18-10-14-6-4-3-5-7-14/h3-7,13,18H,8-12H2,1-2H3/t13-/m0/s1. The monoisotopic (exact) mass is 329 g/mol. The van der Waals surface area contributed by atoms with Crippen LogP contribution in [-0.2, 0) is 29.2 Å². The van der Waals surface area contributed by atoms with Gasteiger partial charge in [-0.15, -0.1) is 10.2 Å². The number of rotatable bonds is 7. The Morgan fingerprint density at radius 1 is 1.25 bits per heavy atom. The van der Waals surface area contributed by atoms with Gasteiger partial charge in [-0.05, 0) is 12.5 Å². The summed E-state index contributed by atoms with van der Waals surface area (Å²) in [5, 5.41) is 11.9. The number of hydrogen-bond donors (Lipinski definition) is 1. The zero-order valence-corrected chi connectivity index (χ0v) is 14.1. The number of nitrogens with one attached hydrogen (secondary N) is 1. The highest BCUT2D eigenvalue weighted by atomic mass is 16.5. The van der Waals surface area contributed by atoms with Gasteiger partial charge in [0.1, 0.15) is 11.9 Å². The third-order valence-corrected chi connectivity index (χ3v) is 4.25. The van der Waals surface area contributed by atoms with Crippen LogP contribution in [-0.4, -0.2) is 45.8 Å². The highest BCUT2D eigenvalue weighted by Gasteiger charge is 2.32. The van der Waals surface area contributed by atoms with Gasteiger partial charge in [0.05, 0.1) is 19.7 Å². The molecular formula is C17H23N5O2. The van der Waals surface area contributed by atoms with Crippen molar-refractivity contribution in [3.8, 4) is 0 Å². The number of nitrogens with zero attached hydrogens (tertiary/aromatic N) is 4. The lowest BCUT2D eigenvalue weighted by molar-refractivity contribution is -0.137. The average Bonchev–Trinajstić information content (AvgIpc) is 3.01. The third kappa shape index (κ3) is 3.47. The molecule has 1 amide bonds. The van der Waals surface area contributed by atoms with Crippen LogP contribution in [0, 0.1) is 0 Å². The van der Waals surface area contributed by atoms with Crippen molar-refractivity contribution in [2.24, 2.45) is 0 Å². The van der Waals surface area contributed by atoms with Crippen LogP contribution in [0.15, 0.2) is 30.3 Å². The number of amides is 1. The first-order valence-corrected chi connectivity index (χ1v) is 8.15. The van der Waals surface area contributed by atoms with Crippen LogP contribution in [0.3, 0.4) is 0 Å². The molecule has 128 valence electrons. The molecule has 2 aromatic rings. The van der Waals surface area contributed by atoms with Gasteiger partial charge in [0.25, 0.3) is 0 Å². The number of carbonyl (C=O) groups excluding carboxylic acids is 1. The van der Waals surface area contributed by atoms with E-state index in [1.54, 1.807) is 12.0 Å². The Hall–Kier alpha value is -2.25. The summed E-state index contributed by atoms with van der Waals surface area (Å²) in [6.07, 6.45) is 0. The number of methoxy groups -OCH3 is 1. The van der Waals surface area contributed by atoms with E-state index in [4.69, 9.17) is 4.74 Å². The largest absolute Gasteiger partial charge is 0.383 e. The van der Waals surface area contributed by atoms with Crippen molar-refractivity contribution in [2.75, 3.05) is 20.3 Å². The number of fused-ring (bicyclic) bond motifs is 1. The van der Waals surface area contributed by atoms with Crippen LogP contribution in [0.5, 0.6) is 0 Å². The molecule has 7 nitrogen and oxygen atoms in total. The van der Waals surface area contributed by atoms with Crippen molar-refractivity contribution in [1.82, 2.24) is 25.0 Å². The fourth-order valence-electron chi connectivity index (χ4n) is 2.96. The van der Waals surface area contributed by atoms with Crippen LogP contribution < -0.4 is 5.32 Å². The molecule has 3 rings (SSSR count). The Morgan fingerprint density at radius 3 is 2.79 bits per heavy atom. The summed E-state index contributed by atoms with van der Waals surface area (Å²) in [6, 6.07) is 9.91. The number of carbonyl (C=O) groups is 1. The molecule has 24 heavy (non-hydrogen) atoms. The van der Waals surface area contributed by atoms with Crippen LogP contribution >= 0.6 is 0 Å². The van der Waals surface area contributed by atoms with Gasteiger partial charge in [-0.25, -0.2) is 0 Å². The molecular weight excluding hydrogens is 306 g/mol. The van der Waals surface area contributed by atoms with E-state index >= 15 is 0 Å². The van der Waals surface area contributed by atoms with Crippen LogP contribution in [0.1, 0.15) is 30.2 Å². The molecule has 1 aromatic carbocycles. The van der Waals surface area contributed by atoms with Crippen molar-refractivity contribution in [3.05, 3.63) is 47.5 Å². The molecule has 1 aromatic heterocycles. The lowest BCUT2D eigenvalue weighted by Gasteiger charge is -2.32. The van der Waals surface area contributed by atoms with Crippen LogP contribution in [0.4, 0.5) is 0 Å². The van der Waals surface area contributed by atoms with E-state index in [0.717, 1.165) is 18.2 Å². The summed E-state index contributed by atoms with van der Waals surface area (Å²) < 4.78 is 7.02. The normalized spacial score (nSPS) is 17.2. The first kappa shape index (κ1) is 16.6. The van der Waals surface area contributed by atoms with Crippen molar-refractivity contribution in [3.63, 3.8) is 0 Å². The van der Waals surface area contributed by atoms with E-state index in [2.05, 4.69) is 27.6 Å². The molecule has 0 fully saturated rings. The molecule has 1 aliphatic rings. The first-order chi connectivity index (χ1) is 11.7. The number of aromatic nitrogens is 3. The lowest BCUT2D eigenvalue weighted by atomic mass is 10.2. The maximum absolute atomic E-state index is 12.5. The molecule has 1 atom stereocenters. The topological polar surface area (TPSA) is 72.3 Å². The highest BCUT2D eigenvalue weighted by molar-refractivity contribution is 5.81. The second-order valence-corrected chi connectivity index (χ2v) is 5.92. The second kappa shape index (κ2) is 7.55. The fourth-order valence-corrected chi connectivity index (χ4v) is 2.96. The maximum atomic E-state index is 12.5. The zero-order valence-electron chi connectivity index (χ0n) is 14.1. The van der Waals surface area contributed by atoms with Gasteiger partial charge in [-0.2, -0.15) is 0 Å². The van der Waals surface area contributed by atoms with Gasteiger partial charge >= 0.3 is 0 Å². The van der Waals surface area contributed by atoms with Gasteiger partial charge < -0.3 is 15.0 Å². The van der Waals surface area contributed by atoms with Crippen molar-refractivity contribution in [2.45, 2.75) is 32.6 Å². The maximum Gasteiger partial charge on any atom is 0.245 e. The number of ether oxygens (including phenoxy) is 1. The number of hydrogen-bond acceptors (Lipinski definition) is 5. The van der Waals surface area contributed by atoms with Crippen molar-refractivity contribution in [1.29, 1.82) is 0 Å². The summed E-state index contributed by atoms with van der Waals surface area (Å²) in [6.45, 7) is 4.82. The molecule has 7 heteroatoms. The Kier molecular flexibility index (Phi) is 5.22. The summed E-state index contributed by atoms with van der Waals surface area (Å²) >= 11 is 0.